The Labute approximate surface area is 109 Å². The lowest BCUT2D eigenvalue weighted by Gasteiger charge is -2.16. The Bertz CT molecular complexity index is 576. The Morgan fingerprint density at radius 1 is 1.47 bits per heavy atom. The van der Waals surface area contributed by atoms with Crippen LogP contribution >= 0.6 is 0 Å². The first-order valence-corrected chi connectivity index (χ1v) is 6.26. The number of aromatic nitrogens is 2. The summed E-state index contributed by atoms with van der Waals surface area (Å²) in [6, 6.07) is 0. The van der Waals surface area contributed by atoms with Gasteiger partial charge in [0.05, 0.1) is 12.7 Å². The topological polar surface area (TPSA) is 93.7 Å². The largest absolute Gasteiger partial charge is 0.394 e. The molecule has 2 heterocycles. The molecule has 7 nitrogen and oxygen atoms in total. The molecular formula is C12H18N2O5. The monoisotopic (exact) mass is 270 g/mol. The zero-order valence-corrected chi connectivity index (χ0v) is 10.9. The Morgan fingerprint density at radius 3 is 2.68 bits per heavy atom. The number of hydrogen-bond acceptors (Lipinski definition) is 5. The molecule has 1 aliphatic rings. The van der Waals surface area contributed by atoms with Crippen LogP contribution in [0.1, 0.15) is 25.1 Å². The number of hydrogen-bond donors (Lipinski definition) is 2. The third kappa shape index (κ3) is 2.36. The van der Waals surface area contributed by atoms with Crippen molar-refractivity contribution >= 4 is 0 Å². The molecule has 19 heavy (non-hydrogen) atoms. The molecule has 3 atom stereocenters. The van der Waals surface area contributed by atoms with Crippen LogP contribution < -0.4 is 11.2 Å². The van der Waals surface area contributed by atoms with Crippen LogP contribution in [0, 0.1) is 6.92 Å². The molecule has 2 N–H and O–H groups in total. The minimum absolute atomic E-state index is 0.215. The second kappa shape index (κ2) is 5.28. The highest BCUT2D eigenvalue weighted by Gasteiger charge is 2.35. The van der Waals surface area contributed by atoms with Gasteiger partial charge in [0, 0.05) is 24.7 Å². The molecule has 106 valence electrons. The van der Waals surface area contributed by atoms with Crippen molar-refractivity contribution in [3.63, 3.8) is 0 Å². The normalized spacial score (nSPS) is 26.8. The molecule has 0 aromatic carbocycles. The Kier molecular flexibility index (Phi) is 3.88. The summed E-state index contributed by atoms with van der Waals surface area (Å²) in [5, 5.41) is 18.7. The average Bonchev–Trinajstić information content (AvgIpc) is 2.75. The van der Waals surface area contributed by atoms with E-state index in [1.807, 2.05) is 0 Å². The minimum atomic E-state index is -0.816. The number of aliphatic hydroxyl groups is 2. The molecule has 1 fully saturated rings. The fraction of sp³-hybridized carbons (Fsp3) is 0.667. The van der Waals surface area contributed by atoms with Gasteiger partial charge >= 0.3 is 5.69 Å². The number of rotatable bonds is 3. The zero-order valence-electron chi connectivity index (χ0n) is 10.9. The smallest absolute Gasteiger partial charge is 0.333 e. The summed E-state index contributed by atoms with van der Waals surface area (Å²) in [5.74, 6) is 0. The van der Waals surface area contributed by atoms with Crippen molar-refractivity contribution in [2.75, 3.05) is 6.61 Å². The van der Waals surface area contributed by atoms with E-state index < -0.39 is 24.1 Å². The highest BCUT2D eigenvalue weighted by molar-refractivity contribution is 5.03. The fourth-order valence-electron chi connectivity index (χ4n) is 2.29. The van der Waals surface area contributed by atoms with Crippen LogP contribution in [0.15, 0.2) is 15.8 Å². The summed E-state index contributed by atoms with van der Waals surface area (Å²) in [4.78, 5) is 24.0. The van der Waals surface area contributed by atoms with Crippen molar-refractivity contribution in [3.8, 4) is 0 Å². The molecule has 0 saturated carbocycles. The summed E-state index contributed by atoms with van der Waals surface area (Å²) >= 11 is 0. The van der Waals surface area contributed by atoms with Gasteiger partial charge in [-0.15, -0.1) is 0 Å². The van der Waals surface area contributed by atoms with Crippen molar-refractivity contribution < 1.29 is 14.9 Å². The Hall–Kier alpha value is -1.44. The molecule has 0 aliphatic carbocycles. The number of aryl methyl sites for hydroxylation is 1. The second-order valence-corrected chi connectivity index (χ2v) is 4.67. The van der Waals surface area contributed by atoms with Crippen LogP contribution in [0.5, 0.6) is 0 Å². The third-order valence-corrected chi connectivity index (χ3v) is 3.38. The maximum absolute atomic E-state index is 12.2. The molecule has 1 aromatic rings. The molecule has 2 rings (SSSR count). The number of nitrogens with zero attached hydrogens (tertiary/aromatic N) is 2. The van der Waals surface area contributed by atoms with Gasteiger partial charge in [-0.3, -0.25) is 13.9 Å². The Morgan fingerprint density at radius 2 is 2.16 bits per heavy atom. The molecule has 0 bridgehead atoms. The van der Waals surface area contributed by atoms with Crippen LogP contribution in [-0.4, -0.2) is 38.2 Å². The quantitative estimate of drug-likeness (QED) is 0.733. The van der Waals surface area contributed by atoms with Crippen molar-refractivity contribution in [1.29, 1.82) is 0 Å². The van der Waals surface area contributed by atoms with E-state index in [1.54, 1.807) is 13.8 Å². The van der Waals surface area contributed by atoms with Crippen molar-refractivity contribution in [1.82, 2.24) is 9.13 Å². The predicted octanol–water partition coefficient (Wildman–Crippen LogP) is -1.02. The summed E-state index contributed by atoms with van der Waals surface area (Å²) < 4.78 is 7.86. The van der Waals surface area contributed by atoms with E-state index in [2.05, 4.69) is 0 Å². The zero-order chi connectivity index (χ0) is 14.2. The van der Waals surface area contributed by atoms with Crippen molar-refractivity contribution in [2.45, 2.75) is 45.2 Å². The maximum atomic E-state index is 12.2. The van der Waals surface area contributed by atoms with Crippen LogP contribution in [-0.2, 0) is 11.3 Å². The molecule has 0 amide bonds. The van der Waals surface area contributed by atoms with E-state index in [0.717, 1.165) is 4.57 Å². The summed E-state index contributed by atoms with van der Waals surface area (Å²) in [6.45, 7) is 3.31. The lowest BCUT2D eigenvalue weighted by atomic mass is 10.2. The van der Waals surface area contributed by atoms with Crippen LogP contribution in [0.3, 0.4) is 0 Å². The van der Waals surface area contributed by atoms with Crippen molar-refractivity contribution in [2.24, 2.45) is 0 Å². The van der Waals surface area contributed by atoms with Crippen LogP contribution in [0.4, 0.5) is 0 Å². The van der Waals surface area contributed by atoms with Gasteiger partial charge in [0.2, 0.25) is 0 Å². The summed E-state index contributed by atoms with van der Waals surface area (Å²) in [5.41, 5.74) is -0.345. The van der Waals surface area contributed by atoms with E-state index in [1.165, 1.54) is 10.8 Å². The second-order valence-electron chi connectivity index (χ2n) is 4.67. The van der Waals surface area contributed by atoms with Gasteiger partial charge in [0.25, 0.3) is 5.56 Å². The fourth-order valence-corrected chi connectivity index (χ4v) is 2.29. The standard InChI is InChI=1S/C12H18N2O5/c1-3-13-11(17)7(2)5-14(12(13)18)10-4-8(16)9(6-15)19-10/h5,8-10,15-16H,3-4,6H2,1-2H3. The van der Waals surface area contributed by atoms with E-state index in [0.29, 0.717) is 5.56 Å². The molecule has 1 aliphatic heterocycles. The molecule has 3 unspecified atom stereocenters. The SMILES string of the molecule is CCn1c(=O)c(C)cn(C2CC(O)C(CO)O2)c1=O. The summed E-state index contributed by atoms with van der Waals surface area (Å²) in [6.07, 6.45) is -0.513. The van der Waals surface area contributed by atoms with Gasteiger partial charge in [-0.25, -0.2) is 4.79 Å². The highest BCUT2D eigenvalue weighted by atomic mass is 16.5. The molecule has 0 radical (unpaired) electrons. The highest BCUT2D eigenvalue weighted by Crippen LogP contribution is 2.27. The molecule has 1 aromatic heterocycles. The lowest BCUT2D eigenvalue weighted by molar-refractivity contribution is -0.0463. The summed E-state index contributed by atoms with van der Waals surface area (Å²) in [7, 11) is 0. The predicted molar refractivity (Wildman–Crippen MR) is 67.0 cm³/mol. The first kappa shape index (κ1) is 14.0. The van der Waals surface area contributed by atoms with E-state index >= 15 is 0 Å². The minimum Gasteiger partial charge on any atom is -0.394 e. The van der Waals surface area contributed by atoms with Gasteiger partial charge in [-0.1, -0.05) is 0 Å². The molecule has 0 spiro atoms. The molecular weight excluding hydrogens is 252 g/mol. The maximum Gasteiger partial charge on any atom is 0.333 e. The first-order chi connectivity index (χ1) is 8.99. The van der Waals surface area contributed by atoms with Crippen molar-refractivity contribution in [3.05, 3.63) is 32.6 Å². The number of aliphatic hydroxyl groups excluding tert-OH is 2. The van der Waals surface area contributed by atoms with E-state index in [9.17, 15) is 14.7 Å². The van der Waals surface area contributed by atoms with Crippen LogP contribution in [0.25, 0.3) is 0 Å². The number of ether oxygens (including phenoxy) is 1. The van der Waals surface area contributed by atoms with Gasteiger partial charge in [-0.2, -0.15) is 0 Å². The van der Waals surface area contributed by atoms with Gasteiger partial charge in [0.15, 0.2) is 0 Å². The first-order valence-electron chi connectivity index (χ1n) is 6.26. The van der Waals surface area contributed by atoms with Gasteiger partial charge < -0.3 is 14.9 Å². The molecule has 7 heteroatoms. The van der Waals surface area contributed by atoms with Crippen LogP contribution in [0.2, 0.25) is 0 Å². The van der Waals surface area contributed by atoms with E-state index in [-0.39, 0.29) is 25.1 Å². The average molecular weight is 270 g/mol. The third-order valence-electron chi connectivity index (χ3n) is 3.38. The Balaban J connectivity index is 2.45. The lowest BCUT2D eigenvalue weighted by Crippen LogP contribution is -2.41. The molecule has 1 saturated heterocycles. The van der Waals surface area contributed by atoms with Gasteiger partial charge in [-0.05, 0) is 13.8 Å². The van der Waals surface area contributed by atoms with E-state index in [4.69, 9.17) is 9.84 Å². The van der Waals surface area contributed by atoms with Gasteiger partial charge in [0.1, 0.15) is 12.3 Å².